The normalized spacial score (nSPS) is 10.2. The SMILES string of the molecule is COCCCNC(=O)CN(C(C)=O)c1ccc(OC)c(Cl)c1. The Morgan fingerprint density at radius 2 is 2.05 bits per heavy atom. The van der Waals surface area contributed by atoms with Gasteiger partial charge >= 0.3 is 0 Å². The molecule has 0 spiro atoms. The van der Waals surface area contributed by atoms with E-state index in [4.69, 9.17) is 21.1 Å². The molecule has 0 saturated carbocycles. The standard InChI is InChI=1S/C15H21ClN2O4/c1-11(19)18(10-15(20)17-7-4-8-21-2)12-5-6-14(22-3)13(16)9-12/h5-6,9H,4,7-8,10H2,1-3H3,(H,17,20). The Labute approximate surface area is 135 Å². The molecule has 0 aliphatic rings. The van der Waals surface area contributed by atoms with Gasteiger partial charge in [-0.2, -0.15) is 0 Å². The summed E-state index contributed by atoms with van der Waals surface area (Å²) in [6.45, 7) is 2.41. The van der Waals surface area contributed by atoms with E-state index in [1.807, 2.05) is 0 Å². The van der Waals surface area contributed by atoms with Crippen LogP contribution >= 0.6 is 11.6 Å². The van der Waals surface area contributed by atoms with Crippen molar-refractivity contribution in [2.75, 3.05) is 38.8 Å². The number of hydrogen-bond acceptors (Lipinski definition) is 4. The van der Waals surface area contributed by atoms with E-state index in [-0.39, 0.29) is 18.4 Å². The Bertz CT molecular complexity index is 522. The van der Waals surface area contributed by atoms with E-state index in [9.17, 15) is 9.59 Å². The second kappa shape index (κ2) is 9.27. The van der Waals surface area contributed by atoms with Crippen molar-refractivity contribution in [3.63, 3.8) is 0 Å². The number of carbonyl (C=O) groups is 2. The van der Waals surface area contributed by atoms with Crippen LogP contribution in [0.3, 0.4) is 0 Å². The van der Waals surface area contributed by atoms with E-state index in [1.54, 1.807) is 25.3 Å². The number of rotatable bonds is 8. The number of halogens is 1. The van der Waals surface area contributed by atoms with Crippen molar-refractivity contribution in [1.82, 2.24) is 5.32 Å². The maximum Gasteiger partial charge on any atom is 0.240 e. The molecular weight excluding hydrogens is 308 g/mol. The smallest absolute Gasteiger partial charge is 0.240 e. The molecule has 0 saturated heterocycles. The number of nitrogens with zero attached hydrogens (tertiary/aromatic N) is 1. The monoisotopic (exact) mass is 328 g/mol. The lowest BCUT2D eigenvalue weighted by Crippen LogP contribution is -2.40. The average molecular weight is 329 g/mol. The van der Waals surface area contributed by atoms with Crippen molar-refractivity contribution >= 4 is 29.1 Å². The van der Waals surface area contributed by atoms with E-state index in [1.165, 1.54) is 18.9 Å². The zero-order valence-electron chi connectivity index (χ0n) is 13.0. The predicted molar refractivity (Wildman–Crippen MR) is 85.5 cm³/mol. The molecule has 0 aromatic heterocycles. The summed E-state index contributed by atoms with van der Waals surface area (Å²) in [4.78, 5) is 25.0. The third-order valence-electron chi connectivity index (χ3n) is 2.98. The summed E-state index contributed by atoms with van der Waals surface area (Å²) in [5.41, 5.74) is 0.547. The zero-order valence-corrected chi connectivity index (χ0v) is 13.8. The fourth-order valence-electron chi connectivity index (χ4n) is 1.85. The lowest BCUT2D eigenvalue weighted by atomic mass is 10.2. The Hall–Kier alpha value is -1.79. The Morgan fingerprint density at radius 3 is 2.59 bits per heavy atom. The lowest BCUT2D eigenvalue weighted by molar-refractivity contribution is -0.123. The quantitative estimate of drug-likeness (QED) is 0.740. The minimum absolute atomic E-state index is 0.0645. The topological polar surface area (TPSA) is 67.9 Å². The number of ether oxygens (including phenoxy) is 2. The van der Waals surface area contributed by atoms with Crippen molar-refractivity contribution in [2.24, 2.45) is 0 Å². The van der Waals surface area contributed by atoms with Crippen LogP contribution in [-0.4, -0.2) is 45.7 Å². The van der Waals surface area contributed by atoms with Gasteiger partial charge in [-0.25, -0.2) is 0 Å². The maximum atomic E-state index is 11.9. The molecule has 1 rings (SSSR count). The van der Waals surface area contributed by atoms with E-state index in [0.717, 1.165) is 6.42 Å². The molecule has 6 nitrogen and oxygen atoms in total. The first-order chi connectivity index (χ1) is 10.5. The van der Waals surface area contributed by atoms with Crippen molar-refractivity contribution < 1.29 is 19.1 Å². The van der Waals surface area contributed by atoms with Gasteiger partial charge in [-0.3, -0.25) is 9.59 Å². The number of nitrogens with one attached hydrogen (secondary N) is 1. The van der Waals surface area contributed by atoms with Gasteiger partial charge in [-0.05, 0) is 24.6 Å². The molecule has 0 aliphatic carbocycles. The van der Waals surface area contributed by atoms with Gasteiger partial charge in [0.2, 0.25) is 11.8 Å². The van der Waals surface area contributed by atoms with Crippen molar-refractivity contribution in [2.45, 2.75) is 13.3 Å². The fraction of sp³-hybridized carbons (Fsp3) is 0.467. The van der Waals surface area contributed by atoms with E-state index >= 15 is 0 Å². The second-order valence-electron chi connectivity index (χ2n) is 4.62. The second-order valence-corrected chi connectivity index (χ2v) is 5.03. The number of amides is 2. The molecule has 1 aromatic rings. The van der Waals surface area contributed by atoms with E-state index in [2.05, 4.69) is 5.32 Å². The number of hydrogen-bond donors (Lipinski definition) is 1. The molecule has 0 radical (unpaired) electrons. The third kappa shape index (κ3) is 5.54. The first-order valence-corrected chi connectivity index (χ1v) is 7.24. The van der Waals surface area contributed by atoms with Crippen LogP contribution in [-0.2, 0) is 14.3 Å². The summed E-state index contributed by atoms with van der Waals surface area (Å²) in [7, 11) is 3.11. The summed E-state index contributed by atoms with van der Waals surface area (Å²) in [6.07, 6.45) is 0.719. The van der Waals surface area contributed by atoms with Crippen LogP contribution in [0.5, 0.6) is 5.75 Å². The van der Waals surface area contributed by atoms with Gasteiger partial charge in [-0.15, -0.1) is 0 Å². The molecule has 0 fully saturated rings. The largest absolute Gasteiger partial charge is 0.495 e. The Kier molecular flexibility index (Phi) is 7.70. The minimum atomic E-state index is -0.242. The van der Waals surface area contributed by atoms with Crippen molar-refractivity contribution in [3.05, 3.63) is 23.2 Å². The van der Waals surface area contributed by atoms with Gasteiger partial charge in [0, 0.05) is 32.9 Å². The van der Waals surface area contributed by atoms with Crippen LogP contribution in [0.4, 0.5) is 5.69 Å². The maximum absolute atomic E-state index is 11.9. The summed E-state index contributed by atoms with van der Waals surface area (Å²) < 4.78 is 9.98. The van der Waals surface area contributed by atoms with Crippen LogP contribution in [0.15, 0.2) is 18.2 Å². The third-order valence-corrected chi connectivity index (χ3v) is 3.27. The van der Waals surface area contributed by atoms with Gasteiger partial charge < -0.3 is 19.7 Å². The number of anilines is 1. The molecule has 0 bridgehead atoms. The summed E-state index contributed by atoms with van der Waals surface area (Å²) >= 11 is 6.06. The molecule has 0 atom stereocenters. The first-order valence-electron chi connectivity index (χ1n) is 6.87. The van der Waals surface area contributed by atoms with E-state index in [0.29, 0.717) is 29.6 Å². The molecule has 0 aliphatic heterocycles. The van der Waals surface area contributed by atoms with Gasteiger partial charge in [0.1, 0.15) is 12.3 Å². The van der Waals surface area contributed by atoms with Crippen LogP contribution in [0.25, 0.3) is 0 Å². The van der Waals surface area contributed by atoms with Crippen molar-refractivity contribution in [3.8, 4) is 5.75 Å². The highest BCUT2D eigenvalue weighted by molar-refractivity contribution is 6.32. The van der Waals surface area contributed by atoms with Crippen LogP contribution in [0, 0.1) is 0 Å². The minimum Gasteiger partial charge on any atom is -0.495 e. The van der Waals surface area contributed by atoms with Crippen LogP contribution < -0.4 is 15.0 Å². The molecule has 0 heterocycles. The summed E-state index contributed by atoms with van der Waals surface area (Å²) in [5.74, 6) is 0.0319. The summed E-state index contributed by atoms with van der Waals surface area (Å²) in [5, 5.41) is 3.12. The fourth-order valence-corrected chi connectivity index (χ4v) is 2.10. The predicted octanol–water partition coefficient (Wildman–Crippen LogP) is 1.85. The molecule has 22 heavy (non-hydrogen) atoms. The molecular formula is C15H21ClN2O4. The highest BCUT2D eigenvalue weighted by Gasteiger charge is 2.16. The average Bonchev–Trinajstić information content (AvgIpc) is 2.49. The van der Waals surface area contributed by atoms with Crippen LogP contribution in [0.1, 0.15) is 13.3 Å². The molecule has 0 unspecified atom stereocenters. The Morgan fingerprint density at radius 1 is 1.32 bits per heavy atom. The zero-order chi connectivity index (χ0) is 16.5. The van der Waals surface area contributed by atoms with Gasteiger partial charge in [-0.1, -0.05) is 11.6 Å². The molecule has 1 N–H and O–H groups in total. The van der Waals surface area contributed by atoms with Gasteiger partial charge in [0.05, 0.1) is 12.1 Å². The molecule has 2 amide bonds. The highest BCUT2D eigenvalue weighted by atomic mass is 35.5. The molecule has 1 aromatic carbocycles. The lowest BCUT2D eigenvalue weighted by Gasteiger charge is -2.21. The summed E-state index contributed by atoms with van der Waals surface area (Å²) in [6, 6.07) is 4.94. The molecule has 122 valence electrons. The number of carbonyl (C=O) groups excluding carboxylic acids is 2. The first kappa shape index (κ1) is 18.3. The van der Waals surface area contributed by atoms with Crippen molar-refractivity contribution in [1.29, 1.82) is 0 Å². The number of methoxy groups -OCH3 is 2. The molecule has 7 heteroatoms. The Balaban J connectivity index is 2.71. The van der Waals surface area contributed by atoms with Gasteiger partial charge in [0.15, 0.2) is 0 Å². The van der Waals surface area contributed by atoms with Gasteiger partial charge in [0.25, 0.3) is 0 Å². The highest BCUT2D eigenvalue weighted by Crippen LogP contribution is 2.29. The number of benzene rings is 1. The van der Waals surface area contributed by atoms with E-state index < -0.39 is 0 Å². The van der Waals surface area contributed by atoms with Crippen LogP contribution in [0.2, 0.25) is 5.02 Å².